The molecule has 0 bridgehead atoms. The van der Waals surface area contributed by atoms with E-state index in [2.05, 4.69) is 18.4 Å². The van der Waals surface area contributed by atoms with E-state index in [1.807, 2.05) is 13.8 Å². The Hall–Kier alpha value is -2.24. The molecule has 0 radical (unpaired) electrons. The Kier molecular flexibility index (Phi) is 6.39. The number of benzene rings is 1. The lowest BCUT2D eigenvalue weighted by Crippen LogP contribution is -2.14. The Morgan fingerprint density at radius 1 is 1.19 bits per heavy atom. The minimum absolute atomic E-state index is 0.405. The van der Waals surface area contributed by atoms with Crippen LogP contribution in [-0.2, 0) is 19.1 Å². The van der Waals surface area contributed by atoms with E-state index in [-0.39, 0.29) is 0 Å². The van der Waals surface area contributed by atoms with Gasteiger partial charge in [0.05, 0.1) is 11.1 Å². The second kappa shape index (κ2) is 8.19. The third-order valence-electron chi connectivity index (χ3n) is 4.80. The highest BCUT2D eigenvalue weighted by Gasteiger charge is 2.31. The smallest absolute Gasteiger partial charge is 0.366 e. The van der Waals surface area contributed by atoms with E-state index in [0.717, 1.165) is 49.3 Å². The lowest BCUT2D eigenvalue weighted by atomic mass is 9.97. The Morgan fingerprint density at radius 2 is 1.78 bits per heavy atom. The molecule has 2 rings (SSSR count). The standard InChI is InChI=1S/C21H27F3N2O/c1-5-6-17-19(15-7-9-16(10-8-15)21(22,23)24)18(20(25)27)14(4)26(17)12-11-13(2)3/h7-10,13H,5-6,11-12H2,1-4H3,(H2,25,27). The average Bonchev–Trinajstić information content (AvgIpc) is 2.84. The zero-order chi connectivity index (χ0) is 20.4. The molecular weight excluding hydrogens is 353 g/mol. The largest absolute Gasteiger partial charge is 0.416 e. The second-order valence-corrected chi connectivity index (χ2v) is 7.31. The SMILES string of the molecule is CCCc1c(-c2ccc(C(F)(F)F)cc2)c(C(N)=O)c(C)n1CCC(C)C. The van der Waals surface area contributed by atoms with Gasteiger partial charge in [-0.25, -0.2) is 0 Å². The molecule has 0 aliphatic carbocycles. The van der Waals surface area contributed by atoms with Gasteiger partial charge >= 0.3 is 6.18 Å². The van der Waals surface area contributed by atoms with Gasteiger partial charge in [0.15, 0.2) is 0 Å². The number of hydrogen-bond donors (Lipinski definition) is 1. The minimum Gasteiger partial charge on any atom is -0.366 e. The third-order valence-corrected chi connectivity index (χ3v) is 4.80. The van der Waals surface area contributed by atoms with Gasteiger partial charge in [0.25, 0.3) is 5.91 Å². The van der Waals surface area contributed by atoms with Crippen molar-refractivity contribution in [3.05, 3.63) is 46.8 Å². The van der Waals surface area contributed by atoms with Crippen molar-refractivity contribution in [3.8, 4) is 11.1 Å². The predicted octanol–water partition coefficient (Wildman–Crippen LogP) is 5.58. The maximum atomic E-state index is 12.9. The quantitative estimate of drug-likeness (QED) is 0.670. The highest BCUT2D eigenvalue weighted by Crippen LogP contribution is 2.36. The van der Waals surface area contributed by atoms with Gasteiger partial charge < -0.3 is 10.3 Å². The van der Waals surface area contributed by atoms with Crippen molar-refractivity contribution in [2.75, 3.05) is 0 Å². The highest BCUT2D eigenvalue weighted by molar-refractivity contribution is 6.02. The van der Waals surface area contributed by atoms with Crippen molar-refractivity contribution in [2.45, 2.75) is 59.7 Å². The maximum absolute atomic E-state index is 12.9. The zero-order valence-electron chi connectivity index (χ0n) is 16.3. The highest BCUT2D eigenvalue weighted by atomic mass is 19.4. The molecular formula is C21H27F3N2O. The molecule has 6 heteroatoms. The molecule has 1 heterocycles. The summed E-state index contributed by atoms with van der Waals surface area (Å²) in [5.41, 5.74) is 8.35. The summed E-state index contributed by atoms with van der Waals surface area (Å²) < 4.78 is 40.8. The van der Waals surface area contributed by atoms with Crippen LogP contribution >= 0.6 is 0 Å². The molecule has 2 aromatic rings. The van der Waals surface area contributed by atoms with E-state index in [0.29, 0.717) is 22.6 Å². The fourth-order valence-electron chi connectivity index (χ4n) is 3.42. The summed E-state index contributed by atoms with van der Waals surface area (Å²) in [6, 6.07) is 4.96. The fourth-order valence-corrected chi connectivity index (χ4v) is 3.42. The van der Waals surface area contributed by atoms with Crippen LogP contribution in [0.2, 0.25) is 0 Å². The van der Waals surface area contributed by atoms with E-state index >= 15 is 0 Å². The molecule has 148 valence electrons. The fraction of sp³-hybridized carbons (Fsp3) is 0.476. The molecule has 1 amide bonds. The second-order valence-electron chi connectivity index (χ2n) is 7.31. The van der Waals surface area contributed by atoms with E-state index in [1.54, 1.807) is 0 Å². The molecule has 1 aromatic heterocycles. The molecule has 3 nitrogen and oxygen atoms in total. The van der Waals surface area contributed by atoms with Crippen molar-refractivity contribution in [1.82, 2.24) is 4.57 Å². The molecule has 27 heavy (non-hydrogen) atoms. The summed E-state index contributed by atoms with van der Waals surface area (Å²) in [5, 5.41) is 0. The number of hydrogen-bond acceptors (Lipinski definition) is 1. The van der Waals surface area contributed by atoms with Crippen LogP contribution in [0.3, 0.4) is 0 Å². The van der Waals surface area contributed by atoms with Gasteiger partial charge in [0, 0.05) is 23.5 Å². The number of alkyl halides is 3. The molecule has 0 unspecified atom stereocenters. The lowest BCUT2D eigenvalue weighted by molar-refractivity contribution is -0.137. The van der Waals surface area contributed by atoms with Gasteiger partial charge in [-0.3, -0.25) is 4.79 Å². The van der Waals surface area contributed by atoms with Gasteiger partial charge in [-0.1, -0.05) is 39.3 Å². The first kappa shape index (κ1) is 21.1. The normalized spacial score (nSPS) is 12.0. The van der Waals surface area contributed by atoms with Crippen molar-refractivity contribution < 1.29 is 18.0 Å². The first-order chi connectivity index (χ1) is 12.6. The van der Waals surface area contributed by atoms with Crippen LogP contribution in [0.15, 0.2) is 24.3 Å². The molecule has 0 atom stereocenters. The van der Waals surface area contributed by atoms with Crippen LogP contribution in [0.1, 0.15) is 60.9 Å². The number of aromatic nitrogens is 1. The first-order valence-electron chi connectivity index (χ1n) is 9.27. The molecule has 0 spiro atoms. The number of nitrogens with zero attached hydrogens (tertiary/aromatic N) is 1. The summed E-state index contributed by atoms with van der Waals surface area (Å²) >= 11 is 0. The number of amides is 1. The number of carbonyl (C=O) groups is 1. The lowest BCUT2D eigenvalue weighted by Gasteiger charge is -2.14. The van der Waals surface area contributed by atoms with E-state index in [1.165, 1.54) is 12.1 Å². The number of primary amides is 1. The predicted molar refractivity (Wildman–Crippen MR) is 102 cm³/mol. The van der Waals surface area contributed by atoms with Crippen LogP contribution in [0.5, 0.6) is 0 Å². The van der Waals surface area contributed by atoms with Crippen molar-refractivity contribution in [3.63, 3.8) is 0 Å². The van der Waals surface area contributed by atoms with Gasteiger partial charge in [-0.05, 0) is 43.4 Å². The van der Waals surface area contributed by atoms with Crippen LogP contribution in [0.25, 0.3) is 11.1 Å². The summed E-state index contributed by atoms with van der Waals surface area (Å²) in [6.07, 6.45) is -1.87. The van der Waals surface area contributed by atoms with Crippen molar-refractivity contribution in [1.29, 1.82) is 0 Å². The number of halogens is 3. The minimum atomic E-state index is -4.39. The number of carbonyl (C=O) groups excluding carboxylic acids is 1. The Bertz CT molecular complexity index is 802. The summed E-state index contributed by atoms with van der Waals surface area (Å²) in [7, 11) is 0. The van der Waals surface area contributed by atoms with Crippen LogP contribution in [0, 0.1) is 12.8 Å². The van der Waals surface area contributed by atoms with Gasteiger partial charge in [0.1, 0.15) is 0 Å². The molecule has 0 aliphatic rings. The summed E-state index contributed by atoms with van der Waals surface area (Å²) in [5.74, 6) is -0.0594. The number of rotatable bonds is 7. The van der Waals surface area contributed by atoms with Gasteiger partial charge in [0.2, 0.25) is 0 Å². The molecule has 0 aliphatic heterocycles. The zero-order valence-corrected chi connectivity index (χ0v) is 16.3. The van der Waals surface area contributed by atoms with E-state index in [4.69, 9.17) is 5.73 Å². The average molecular weight is 380 g/mol. The van der Waals surface area contributed by atoms with E-state index < -0.39 is 17.6 Å². The van der Waals surface area contributed by atoms with Gasteiger partial charge in [-0.15, -0.1) is 0 Å². The third kappa shape index (κ3) is 4.54. The Balaban J connectivity index is 2.65. The molecule has 2 N–H and O–H groups in total. The van der Waals surface area contributed by atoms with Crippen molar-refractivity contribution in [2.24, 2.45) is 11.7 Å². The van der Waals surface area contributed by atoms with E-state index in [9.17, 15) is 18.0 Å². The molecule has 0 saturated carbocycles. The Morgan fingerprint density at radius 3 is 2.22 bits per heavy atom. The van der Waals surface area contributed by atoms with Crippen LogP contribution in [-0.4, -0.2) is 10.5 Å². The number of nitrogens with two attached hydrogens (primary N) is 1. The first-order valence-corrected chi connectivity index (χ1v) is 9.27. The molecule has 1 aromatic carbocycles. The monoisotopic (exact) mass is 380 g/mol. The summed E-state index contributed by atoms with van der Waals surface area (Å²) in [4.78, 5) is 12.2. The molecule has 0 fully saturated rings. The molecule has 0 saturated heterocycles. The Labute approximate surface area is 158 Å². The van der Waals surface area contributed by atoms with Crippen LogP contribution < -0.4 is 5.73 Å². The summed E-state index contributed by atoms with van der Waals surface area (Å²) in [6.45, 7) is 8.90. The van der Waals surface area contributed by atoms with Gasteiger partial charge in [-0.2, -0.15) is 13.2 Å². The van der Waals surface area contributed by atoms with Crippen LogP contribution in [0.4, 0.5) is 13.2 Å². The maximum Gasteiger partial charge on any atom is 0.416 e. The topological polar surface area (TPSA) is 48.0 Å². The van der Waals surface area contributed by atoms with Crippen molar-refractivity contribution >= 4 is 5.91 Å².